The first-order chi connectivity index (χ1) is 9.17. The van der Waals surface area contributed by atoms with Gasteiger partial charge in [0.1, 0.15) is 11.4 Å². The molecule has 19 heavy (non-hydrogen) atoms. The Morgan fingerprint density at radius 2 is 2.16 bits per heavy atom. The number of hydrogen-bond acceptors (Lipinski definition) is 9. The second-order valence-corrected chi connectivity index (χ2v) is 4.67. The summed E-state index contributed by atoms with van der Waals surface area (Å²) >= 11 is 1.27. The van der Waals surface area contributed by atoms with E-state index in [0.717, 1.165) is 5.03 Å². The maximum absolute atomic E-state index is 5.43. The van der Waals surface area contributed by atoms with Crippen LogP contribution >= 0.6 is 11.8 Å². The molecule has 2 heterocycles. The Bertz CT molecular complexity index is 537. The van der Waals surface area contributed by atoms with Gasteiger partial charge < -0.3 is 4.74 Å². The van der Waals surface area contributed by atoms with Crippen molar-refractivity contribution in [3.05, 3.63) is 18.6 Å². The average molecular weight is 279 g/mol. The van der Waals surface area contributed by atoms with Crippen molar-refractivity contribution in [2.75, 3.05) is 5.43 Å². The summed E-state index contributed by atoms with van der Waals surface area (Å²) in [6, 6.07) is 1.97. The monoisotopic (exact) mass is 279 g/mol. The van der Waals surface area contributed by atoms with Crippen molar-refractivity contribution in [3.63, 3.8) is 0 Å². The number of nitrogens with one attached hydrogen (secondary N) is 1. The minimum Gasteiger partial charge on any atom is -0.461 e. The van der Waals surface area contributed by atoms with Crippen LogP contribution in [0.1, 0.15) is 13.8 Å². The van der Waals surface area contributed by atoms with E-state index in [-0.39, 0.29) is 18.1 Å². The Hall–Kier alpha value is -2.00. The van der Waals surface area contributed by atoms with Gasteiger partial charge in [-0.15, -0.1) is 0 Å². The van der Waals surface area contributed by atoms with Crippen molar-refractivity contribution >= 4 is 17.7 Å². The van der Waals surface area contributed by atoms with Gasteiger partial charge in [0.15, 0.2) is 0 Å². The van der Waals surface area contributed by atoms with Crippen LogP contribution < -0.4 is 16.0 Å². The van der Waals surface area contributed by atoms with E-state index in [9.17, 15) is 0 Å². The lowest BCUT2D eigenvalue weighted by molar-refractivity contribution is 0.219. The van der Waals surface area contributed by atoms with Gasteiger partial charge in [0.2, 0.25) is 11.1 Å². The van der Waals surface area contributed by atoms with E-state index in [0.29, 0.717) is 5.16 Å². The van der Waals surface area contributed by atoms with Gasteiger partial charge in [-0.3, -0.25) is 5.43 Å². The van der Waals surface area contributed by atoms with Crippen LogP contribution in [-0.2, 0) is 0 Å². The molecule has 0 aromatic carbocycles. The SMILES string of the molecule is CC(C)Oc1nc(NN)nc(Sc2ccncn2)n1. The summed E-state index contributed by atoms with van der Waals surface area (Å²) in [6.07, 6.45) is 3.06. The van der Waals surface area contributed by atoms with Crippen LogP contribution in [0.3, 0.4) is 0 Å². The number of nitrogens with two attached hydrogens (primary N) is 1. The summed E-state index contributed by atoms with van der Waals surface area (Å²) in [5.74, 6) is 5.56. The first-order valence-electron chi connectivity index (χ1n) is 5.50. The molecule has 0 radical (unpaired) electrons. The number of aromatic nitrogens is 5. The Morgan fingerprint density at radius 3 is 2.79 bits per heavy atom. The fourth-order valence-electron chi connectivity index (χ4n) is 1.14. The molecule has 0 atom stereocenters. The normalized spacial score (nSPS) is 10.5. The second kappa shape index (κ2) is 6.25. The van der Waals surface area contributed by atoms with E-state index in [1.807, 2.05) is 13.8 Å². The third-order valence-electron chi connectivity index (χ3n) is 1.82. The van der Waals surface area contributed by atoms with Crippen molar-refractivity contribution in [2.45, 2.75) is 30.1 Å². The van der Waals surface area contributed by atoms with Gasteiger partial charge in [-0.1, -0.05) is 0 Å². The number of hydrogen-bond donors (Lipinski definition) is 2. The molecular weight excluding hydrogens is 266 g/mol. The molecule has 0 amide bonds. The number of anilines is 1. The highest BCUT2D eigenvalue weighted by molar-refractivity contribution is 7.99. The maximum Gasteiger partial charge on any atom is 0.322 e. The van der Waals surface area contributed by atoms with E-state index >= 15 is 0 Å². The topological polar surface area (TPSA) is 112 Å². The van der Waals surface area contributed by atoms with E-state index < -0.39 is 0 Å². The summed E-state index contributed by atoms with van der Waals surface area (Å²) < 4.78 is 5.43. The van der Waals surface area contributed by atoms with Crippen LogP contribution in [0.2, 0.25) is 0 Å². The largest absolute Gasteiger partial charge is 0.461 e. The number of nitrogens with zero attached hydrogens (tertiary/aromatic N) is 5. The molecular formula is C10H13N7OS. The van der Waals surface area contributed by atoms with Crippen LogP contribution in [0.15, 0.2) is 28.8 Å². The van der Waals surface area contributed by atoms with Crippen LogP contribution in [0.4, 0.5) is 5.95 Å². The van der Waals surface area contributed by atoms with E-state index in [1.165, 1.54) is 18.1 Å². The predicted molar refractivity (Wildman–Crippen MR) is 69.6 cm³/mol. The lowest BCUT2D eigenvalue weighted by atomic mass is 10.5. The summed E-state index contributed by atoms with van der Waals surface area (Å²) in [5, 5.41) is 1.16. The fourth-order valence-corrected chi connectivity index (χ4v) is 1.82. The van der Waals surface area contributed by atoms with Gasteiger partial charge in [-0.25, -0.2) is 15.8 Å². The molecule has 0 aliphatic rings. The van der Waals surface area contributed by atoms with Crippen LogP contribution in [0.5, 0.6) is 6.01 Å². The summed E-state index contributed by atoms with van der Waals surface area (Å²) in [7, 11) is 0. The number of hydrazine groups is 1. The zero-order valence-corrected chi connectivity index (χ0v) is 11.3. The van der Waals surface area contributed by atoms with Gasteiger partial charge in [0.05, 0.1) is 6.10 Å². The van der Waals surface area contributed by atoms with Crippen molar-refractivity contribution in [1.82, 2.24) is 24.9 Å². The third kappa shape index (κ3) is 4.00. The van der Waals surface area contributed by atoms with E-state index in [4.69, 9.17) is 10.6 Å². The first-order valence-corrected chi connectivity index (χ1v) is 6.32. The molecule has 0 fully saturated rings. The highest BCUT2D eigenvalue weighted by Gasteiger charge is 2.10. The minimum absolute atomic E-state index is 0.0371. The predicted octanol–water partition coefficient (Wildman–Crippen LogP) is 0.886. The van der Waals surface area contributed by atoms with Gasteiger partial charge in [0.25, 0.3) is 0 Å². The zero-order valence-electron chi connectivity index (χ0n) is 10.4. The van der Waals surface area contributed by atoms with E-state index in [2.05, 4.69) is 30.3 Å². The van der Waals surface area contributed by atoms with Gasteiger partial charge in [-0.05, 0) is 31.7 Å². The molecule has 0 saturated carbocycles. The summed E-state index contributed by atoms with van der Waals surface area (Å²) in [5.41, 5.74) is 2.38. The Balaban J connectivity index is 2.24. The van der Waals surface area contributed by atoms with Crippen LogP contribution in [0, 0.1) is 0 Å². The third-order valence-corrected chi connectivity index (χ3v) is 2.63. The number of nitrogen functional groups attached to an aromatic ring is 1. The minimum atomic E-state index is -0.0371. The molecule has 0 spiro atoms. The van der Waals surface area contributed by atoms with Crippen LogP contribution in [-0.4, -0.2) is 31.0 Å². The zero-order chi connectivity index (χ0) is 13.7. The quantitative estimate of drug-likeness (QED) is 0.468. The molecule has 2 aromatic rings. The molecule has 9 heteroatoms. The molecule has 0 saturated heterocycles. The maximum atomic E-state index is 5.43. The van der Waals surface area contributed by atoms with Crippen molar-refractivity contribution in [1.29, 1.82) is 0 Å². The highest BCUT2D eigenvalue weighted by Crippen LogP contribution is 2.24. The molecule has 2 aromatic heterocycles. The lowest BCUT2D eigenvalue weighted by Crippen LogP contribution is -2.15. The fraction of sp³-hybridized carbons (Fsp3) is 0.300. The van der Waals surface area contributed by atoms with Gasteiger partial charge in [-0.2, -0.15) is 15.0 Å². The van der Waals surface area contributed by atoms with Crippen molar-refractivity contribution in [3.8, 4) is 6.01 Å². The Morgan fingerprint density at radius 1 is 1.32 bits per heavy atom. The Kier molecular flexibility index (Phi) is 4.42. The van der Waals surface area contributed by atoms with Gasteiger partial charge >= 0.3 is 6.01 Å². The molecule has 3 N–H and O–H groups in total. The standard InChI is InChI=1S/C10H13N7OS/c1-6(2)18-9-14-8(17-11)15-10(16-9)19-7-3-4-12-5-13-7/h3-6H,11H2,1-2H3,(H,14,15,16,17). The van der Waals surface area contributed by atoms with Crippen molar-refractivity contribution < 1.29 is 4.74 Å². The van der Waals surface area contributed by atoms with E-state index in [1.54, 1.807) is 12.3 Å². The molecule has 2 rings (SSSR count). The van der Waals surface area contributed by atoms with Crippen LogP contribution in [0.25, 0.3) is 0 Å². The summed E-state index contributed by atoms with van der Waals surface area (Å²) in [6.45, 7) is 3.77. The highest BCUT2D eigenvalue weighted by atomic mass is 32.2. The molecule has 0 bridgehead atoms. The molecule has 8 nitrogen and oxygen atoms in total. The number of rotatable bonds is 5. The smallest absolute Gasteiger partial charge is 0.322 e. The summed E-state index contributed by atoms with van der Waals surface area (Å²) in [4.78, 5) is 20.2. The first kappa shape index (κ1) is 13.4. The lowest BCUT2D eigenvalue weighted by Gasteiger charge is -2.09. The molecule has 0 unspecified atom stereocenters. The van der Waals surface area contributed by atoms with Gasteiger partial charge in [0, 0.05) is 6.20 Å². The second-order valence-electron chi connectivity index (χ2n) is 3.68. The number of ether oxygens (including phenoxy) is 1. The average Bonchev–Trinajstić information content (AvgIpc) is 2.38. The molecule has 0 aliphatic carbocycles. The molecule has 100 valence electrons. The van der Waals surface area contributed by atoms with Crippen molar-refractivity contribution in [2.24, 2.45) is 5.84 Å². The molecule has 0 aliphatic heterocycles. The Labute approximate surface area is 114 Å².